The number of rotatable bonds is 3. The summed E-state index contributed by atoms with van der Waals surface area (Å²) in [5.41, 5.74) is 0.313. The van der Waals surface area contributed by atoms with Crippen molar-refractivity contribution in [3.63, 3.8) is 0 Å². The molecule has 4 nitrogen and oxygen atoms in total. The van der Waals surface area contributed by atoms with Crippen LogP contribution in [0.4, 0.5) is 0 Å². The van der Waals surface area contributed by atoms with Gasteiger partial charge in [-0.15, -0.1) is 0 Å². The van der Waals surface area contributed by atoms with Crippen LogP contribution in [0.1, 0.15) is 15.9 Å². The summed E-state index contributed by atoms with van der Waals surface area (Å²) >= 11 is 0. The maximum Gasteiger partial charge on any atom is 0.339 e. The average Bonchev–Trinajstić information content (AvgIpc) is 2.08. The van der Waals surface area contributed by atoms with Gasteiger partial charge in [0.05, 0.1) is 0 Å². The quantitative estimate of drug-likeness (QED) is 0.640. The Morgan fingerprint density at radius 3 is 2.62 bits per heavy atom. The Hall–Kier alpha value is -1.55. The van der Waals surface area contributed by atoms with Crippen molar-refractivity contribution >= 4 is 5.97 Å². The van der Waals surface area contributed by atoms with Gasteiger partial charge in [0.1, 0.15) is 11.3 Å². The van der Waals surface area contributed by atoms with Gasteiger partial charge in [0.15, 0.2) is 0 Å². The number of aromatic carboxylic acids is 1. The van der Waals surface area contributed by atoms with Gasteiger partial charge in [0.25, 0.3) is 0 Å². The van der Waals surface area contributed by atoms with E-state index < -0.39 is 5.97 Å². The first-order valence-electron chi connectivity index (χ1n) is 3.82. The fourth-order valence-electron chi connectivity index (χ4n) is 1.09. The number of benzene rings is 1. The van der Waals surface area contributed by atoms with E-state index in [1.165, 1.54) is 12.1 Å². The molecule has 0 radical (unpaired) electrons. The number of aliphatic hydroxyl groups is 1. The lowest BCUT2D eigenvalue weighted by Gasteiger charge is -2.04. The summed E-state index contributed by atoms with van der Waals surface area (Å²) in [6, 6.07) is 4.44. The van der Waals surface area contributed by atoms with Crippen LogP contribution in [-0.4, -0.2) is 27.9 Å². The van der Waals surface area contributed by atoms with E-state index in [1.807, 2.05) is 0 Å². The predicted octanol–water partition coefficient (Wildman–Crippen LogP) is 0.625. The van der Waals surface area contributed by atoms with Gasteiger partial charge in [-0.05, 0) is 18.1 Å². The first-order valence-corrected chi connectivity index (χ1v) is 3.82. The summed E-state index contributed by atoms with van der Waals surface area (Å²) in [6.45, 7) is -0.114. The third-order valence-electron chi connectivity index (χ3n) is 1.73. The van der Waals surface area contributed by atoms with Gasteiger partial charge in [-0.2, -0.15) is 0 Å². The minimum absolute atomic E-state index is 0.114. The SMILES string of the molecule is O=C(O)c1cccc(CCO)c1O. The molecule has 0 aliphatic heterocycles. The Bertz CT molecular complexity index is 319. The number of carbonyl (C=O) groups is 1. The van der Waals surface area contributed by atoms with Crippen LogP contribution in [0.5, 0.6) is 5.75 Å². The number of aliphatic hydroxyl groups excluding tert-OH is 1. The molecular weight excluding hydrogens is 172 g/mol. The molecule has 70 valence electrons. The molecule has 0 bridgehead atoms. The average molecular weight is 182 g/mol. The molecule has 0 atom stereocenters. The molecule has 1 aromatic carbocycles. The molecule has 0 aliphatic rings. The predicted molar refractivity (Wildman–Crippen MR) is 45.9 cm³/mol. The molecular formula is C9H10O4. The highest BCUT2D eigenvalue weighted by Crippen LogP contribution is 2.22. The van der Waals surface area contributed by atoms with Crippen LogP contribution in [0.15, 0.2) is 18.2 Å². The molecule has 0 fully saturated rings. The largest absolute Gasteiger partial charge is 0.507 e. The fourth-order valence-corrected chi connectivity index (χ4v) is 1.09. The van der Waals surface area contributed by atoms with Gasteiger partial charge in [0.2, 0.25) is 0 Å². The molecule has 0 unspecified atom stereocenters. The summed E-state index contributed by atoms with van der Waals surface area (Å²) in [5.74, 6) is -1.43. The van der Waals surface area contributed by atoms with Crippen molar-refractivity contribution in [1.29, 1.82) is 0 Å². The highest BCUT2D eigenvalue weighted by Gasteiger charge is 2.11. The Labute approximate surface area is 75.1 Å². The van der Waals surface area contributed by atoms with E-state index in [1.54, 1.807) is 6.07 Å². The van der Waals surface area contributed by atoms with Crippen LogP contribution in [0.25, 0.3) is 0 Å². The first kappa shape index (κ1) is 9.54. The van der Waals surface area contributed by atoms with Crippen molar-refractivity contribution in [3.8, 4) is 5.75 Å². The Kier molecular flexibility index (Phi) is 2.87. The third-order valence-corrected chi connectivity index (χ3v) is 1.73. The molecule has 1 aromatic rings. The zero-order valence-electron chi connectivity index (χ0n) is 6.90. The van der Waals surface area contributed by atoms with Crippen molar-refractivity contribution in [2.45, 2.75) is 6.42 Å². The minimum atomic E-state index is -1.17. The van der Waals surface area contributed by atoms with Gasteiger partial charge < -0.3 is 15.3 Å². The molecule has 0 aliphatic carbocycles. The summed E-state index contributed by atoms with van der Waals surface area (Å²) in [5, 5.41) is 26.6. The number of hydrogen-bond acceptors (Lipinski definition) is 3. The maximum atomic E-state index is 10.6. The zero-order valence-corrected chi connectivity index (χ0v) is 6.90. The molecule has 3 N–H and O–H groups in total. The first-order chi connectivity index (χ1) is 6.16. The van der Waals surface area contributed by atoms with Crippen LogP contribution in [0.3, 0.4) is 0 Å². The van der Waals surface area contributed by atoms with Crippen molar-refractivity contribution < 1.29 is 20.1 Å². The van der Waals surface area contributed by atoms with Gasteiger partial charge in [-0.1, -0.05) is 12.1 Å². The van der Waals surface area contributed by atoms with Crippen LogP contribution in [-0.2, 0) is 6.42 Å². The Balaban J connectivity index is 3.10. The molecule has 13 heavy (non-hydrogen) atoms. The summed E-state index contributed by atoms with van der Waals surface area (Å²) < 4.78 is 0. The van der Waals surface area contributed by atoms with Crippen molar-refractivity contribution in [3.05, 3.63) is 29.3 Å². The molecule has 0 aromatic heterocycles. The van der Waals surface area contributed by atoms with Crippen molar-refractivity contribution in [2.24, 2.45) is 0 Å². The van der Waals surface area contributed by atoms with Crippen molar-refractivity contribution in [1.82, 2.24) is 0 Å². The third kappa shape index (κ3) is 1.97. The van der Waals surface area contributed by atoms with Crippen LogP contribution in [0, 0.1) is 0 Å². The lowest BCUT2D eigenvalue weighted by atomic mass is 10.1. The molecule has 0 saturated carbocycles. The van der Waals surface area contributed by atoms with Gasteiger partial charge in [0, 0.05) is 6.61 Å². The minimum Gasteiger partial charge on any atom is -0.507 e. The summed E-state index contributed by atoms with van der Waals surface area (Å²) in [4.78, 5) is 10.6. The topological polar surface area (TPSA) is 77.8 Å². The number of carboxylic acid groups (broad SMARTS) is 1. The number of hydrogen-bond donors (Lipinski definition) is 3. The highest BCUT2D eigenvalue weighted by atomic mass is 16.4. The normalized spacial score (nSPS) is 9.92. The van der Waals surface area contributed by atoms with E-state index in [0.29, 0.717) is 5.56 Å². The summed E-state index contributed by atoms with van der Waals surface area (Å²) in [7, 11) is 0. The molecule has 1 rings (SSSR count). The van der Waals surface area contributed by atoms with Gasteiger partial charge in [-0.3, -0.25) is 0 Å². The van der Waals surface area contributed by atoms with Crippen LogP contribution >= 0.6 is 0 Å². The molecule has 0 spiro atoms. The molecule has 4 heteroatoms. The van der Waals surface area contributed by atoms with E-state index in [9.17, 15) is 9.90 Å². The second kappa shape index (κ2) is 3.91. The van der Waals surface area contributed by atoms with Gasteiger partial charge >= 0.3 is 5.97 Å². The standard InChI is InChI=1S/C9H10O4/c10-5-4-6-2-1-3-7(8(6)11)9(12)13/h1-3,10-11H,4-5H2,(H,12,13). The van der Waals surface area contributed by atoms with Crippen LogP contribution < -0.4 is 0 Å². The second-order valence-corrected chi connectivity index (χ2v) is 2.59. The summed E-state index contributed by atoms with van der Waals surface area (Å²) in [6.07, 6.45) is 0.257. The van der Waals surface area contributed by atoms with E-state index in [4.69, 9.17) is 10.2 Å². The van der Waals surface area contributed by atoms with E-state index >= 15 is 0 Å². The smallest absolute Gasteiger partial charge is 0.339 e. The Morgan fingerprint density at radius 2 is 2.08 bits per heavy atom. The molecule has 0 amide bonds. The van der Waals surface area contributed by atoms with Gasteiger partial charge in [-0.25, -0.2) is 4.79 Å². The number of phenols is 1. The number of carboxylic acids is 1. The lowest BCUT2D eigenvalue weighted by Crippen LogP contribution is -2.00. The molecule has 0 heterocycles. The fraction of sp³-hybridized carbons (Fsp3) is 0.222. The van der Waals surface area contributed by atoms with E-state index in [0.717, 1.165) is 0 Å². The number of aromatic hydroxyl groups is 1. The lowest BCUT2D eigenvalue weighted by molar-refractivity contribution is 0.0693. The Morgan fingerprint density at radius 1 is 1.38 bits per heavy atom. The van der Waals surface area contributed by atoms with E-state index in [2.05, 4.69) is 0 Å². The van der Waals surface area contributed by atoms with Crippen molar-refractivity contribution in [2.75, 3.05) is 6.61 Å². The second-order valence-electron chi connectivity index (χ2n) is 2.59. The zero-order chi connectivity index (χ0) is 9.84. The van der Waals surface area contributed by atoms with Crippen LogP contribution in [0.2, 0.25) is 0 Å². The maximum absolute atomic E-state index is 10.6. The monoisotopic (exact) mass is 182 g/mol. The number of para-hydroxylation sites is 1. The van der Waals surface area contributed by atoms with E-state index in [-0.39, 0.29) is 24.3 Å². The highest BCUT2D eigenvalue weighted by molar-refractivity contribution is 5.91. The molecule has 0 saturated heterocycles.